The predicted molar refractivity (Wildman–Crippen MR) is 137 cm³/mol. The number of anilines is 2. The van der Waals surface area contributed by atoms with Crippen molar-refractivity contribution in [1.29, 1.82) is 5.26 Å². The smallest absolute Gasteiger partial charge is 0.253 e. The molecule has 37 heavy (non-hydrogen) atoms. The summed E-state index contributed by atoms with van der Waals surface area (Å²) in [6.07, 6.45) is 7.33. The van der Waals surface area contributed by atoms with Crippen LogP contribution in [0.1, 0.15) is 36.5 Å². The van der Waals surface area contributed by atoms with Gasteiger partial charge in [-0.1, -0.05) is 0 Å². The van der Waals surface area contributed by atoms with Crippen LogP contribution in [0.25, 0.3) is 11.3 Å². The van der Waals surface area contributed by atoms with Gasteiger partial charge in [-0.05, 0) is 50.1 Å². The van der Waals surface area contributed by atoms with Gasteiger partial charge in [0.15, 0.2) is 0 Å². The fourth-order valence-electron chi connectivity index (χ4n) is 4.70. The molecule has 2 saturated heterocycles. The summed E-state index contributed by atoms with van der Waals surface area (Å²) in [5.74, 6) is 0.462. The maximum absolute atomic E-state index is 12.6. The van der Waals surface area contributed by atoms with Gasteiger partial charge >= 0.3 is 0 Å². The number of nitrogens with one attached hydrogen (secondary N) is 1. The summed E-state index contributed by atoms with van der Waals surface area (Å²) in [7, 11) is -3.32. The fraction of sp³-hybridized carbons (Fsp3) is 0.400. The second-order valence-corrected chi connectivity index (χ2v) is 11.6. The summed E-state index contributed by atoms with van der Waals surface area (Å²) < 4.78 is 27.5. The number of amides is 1. The van der Waals surface area contributed by atoms with E-state index in [1.807, 2.05) is 17.0 Å². The van der Waals surface area contributed by atoms with Crippen molar-refractivity contribution in [2.24, 2.45) is 0 Å². The van der Waals surface area contributed by atoms with Crippen LogP contribution in [-0.4, -0.2) is 75.2 Å². The number of hydrogen-bond donors (Lipinski definition) is 1. The number of hydrogen-bond acceptors (Lipinski definition) is 8. The first-order valence-electron chi connectivity index (χ1n) is 12.2. The summed E-state index contributed by atoms with van der Waals surface area (Å²) in [5, 5.41) is 17.0. The molecular weight excluding hydrogens is 492 g/mol. The summed E-state index contributed by atoms with van der Waals surface area (Å²) in [4.78, 5) is 23.3. The third-order valence-electron chi connectivity index (χ3n) is 6.91. The maximum Gasteiger partial charge on any atom is 0.253 e. The van der Waals surface area contributed by atoms with Gasteiger partial charge in [0, 0.05) is 55.4 Å². The third-order valence-corrected chi connectivity index (χ3v) is 8.68. The molecule has 11 nitrogen and oxygen atoms in total. The van der Waals surface area contributed by atoms with Crippen LogP contribution in [0.4, 0.5) is 11.6 Å². The Labute approximate surface area is 215 Å². The van der Waals surface area contributed by atoms with E-state index >= 15 is 0 Å². The molecule has 12 heteroatoms. The van der Waals surface area contributed by atoms with Crippen LogP contribution in [0.15, 0.2) is 48.9 Å². The highest BCUT2D eigenvalue weighted by Crippen LogP contribution is 2.35. The van der Waals surface area contributed by atoms with Gasteiger partial charge in [0.05, 0.1) is 30.1 Å². The zero-order valence-corrected chi connectivity index (χ0v) is 21.4. The molecule has 3 aromatic rings. The van der Waals surface area contributed by atoms with E-state index in [2.05, 4.69) is 26.5 Å². The van der Waals surface area contributed by atoms with Crippen LogP contribution in [-0.2, 0) is 15.6 Å². The highest BCUT2D eigenvalue weighted by molar-refractivity contribution is 7.89. The standard InChI is InChI=1S/C25H28N8O3S/c1-2-37(35,36)32-17-25(18-32,10-11-26)33-16-20(15-28-33)22-9-12-27-24(30-22)29-21-7-5-19(6-8-21)23(34)31-13-3-4-14-31/h5-9,12,15-16H,2-4,10,13-14,17-18H2,1H3,(H,27,29,30). The predicted octanol–water partition coefficient (Wildman–Crippen LogP) is 2.59. The van der Waals surface area contributed by atoms with Gasteiger partial charge < -0.3 is 10.2 Å². The topological polar surface area (TPSA) is 137 Å². The van der Waals surface area contributed by atoms with Gasteiger partial charge in [-0.25, -0.2) is 18.4 Å². The first-order chi connectivity index (χ1) is 17.8. The van der Waals surface area contributed by atoms with Gasteiger partial charge in [0.1, 0.15) is 5.54 Å². The fourth-order valence-corrected chi connectivity index (χ4v) is 5.94. The van der Waals surface area contributed by atoms with Crippen molar-refractivity contribution in [1.82, 2.24) is 29.0 Å². The molecule has 0 atom stereocenters. The van der Waals surface area contributed by atoms with E-state index in [1.165, 1.54) is 4.31 Å². The van der Waals surface area contributed by atoms with Gasteiger partial charge in [-0.15, -0.1) is 0 Å². The number of nitriles is 1. The molecule has 1 aromatic carbocycles. The van der Waals surface area contributed by atoms with Crippen LogP contribution in [0.5, 0.6) is 0 Å². The molecule has 2 aliphatic heterocycles. The number of likely N-dealkylation sites (tertiary alicyclic amines) is 1. The molecule has 1 amide bonds. The Bertz CT molecular complexity index is 1430. The lowest BCUT2D eigenvalue weighted by molar-refractivity contribution is 0.0719. The van der Waals surface area contributed by atoms with Crippen LogP contribution >= 0.6 is 0 Å². The maximum atomic E-state index is 12.6. The Hall–Kier alpha value is -3.82. The number of benzene rings is 1. The Kier molecular flexibility index (Phi) is 6.66. The minimum Gasteiger partial charge on any atom is -0.339 e. The van der Waals surface area contributed by atoms with E-state index in [0.717, 1.165) is 37.2 Å². The molecule has 2 aromatic heterocycles. The lowest BCUT2D eigenvalue weighted by atomic mass is 9.89. The lowest BCUT2D eigenvalue weighted by Crippen LogP contribution is -2.64. The number of carbonyl (C=O) groups is 1. The Balaban J connectivity index is 1.29. The molecule has 0 unspecified atom stereocenters. The molecule has 4 heterocycles. The lowest BCUT2D eigenvalue weighted by Gasteiger charge is -2.47. The Morgan fingerprint density at radius 3 is 2.57 bits per heavy atom. The number of nitrogens with zero attached hydrogens (tertiary/aromatic N) is 7. The highest BCUT2D eigenvalue weighted by Gasteiger charge is 2.49. The number of carbonyl (C=O) groups excluding carboxylic acids is 1. The first-order valence-corrected chi connectivity index (χ1v) is 13.8. The molecular formula is C25H28N8O3S. The quantitative estimate of drug-likeness (QED) is 0.478. The van der Waals surface area contributed by atoms with Crippen molar-refractivity contribution in [3.05, 3.63) is 54.5 Å². The van der Waals surface area contributed by atoms with Gasteiger partial charge in [-0.3, -0.25) is 9.48 Å². The van der Waals surface area contributed by atoms with E-state index in [4.69, 9.17) is 0 Å². The van der Waals surface area contributed by atoms with Crippen molar-refractivity contribution in [3.63, 3.8) is 0 Å². The molecule has 0 aliphatic carbocycles. The molecule has 0 radical (unpaired) electrons. The molecule has 0 spiro atoms. The molecule has 1 N–H and O–H groups in total. The molecule has 0 saturated carbocycles. The first kappa shape index (κ1) is 24.9. The summed E-state index contributed by atoms with van der Waals surface area (Å²) in [5.41, 5.74) is 2.07. The van der Waals surface area contributed by atoms with E-state index in [9.17, 15) is 18.5 Å². The average Bonchev–Trinajstić information content (AvgIpc) is 3.59. The van der Waals surface area contributed by atoms with E-state index < -0.39 is 15.6 Å². The average molecular weight is 521 g/mol. The number of aromatic nitrogens is 4. The van der Waals surface area contributed by atoms with Crippen LogP contribution < -0.4 is 5.32 Å². The molecule has 2 fully saturated rings. The Morgan fingerprint density at radius 2 is 1.89 bits per heavy atom. The second kappa shape index (κ2) is 9.91. The van der Waals surface area contributed by atoms with Crippen molar-refractivity contribution < 1.29 is 13.2 Å². The Morgan fingerprint density at radius 1 is 1.16 bits per heavy atom. The van der Waals surface area contributed by atoms with Crippen molar-refractivity contribution in [2.75, 3.05) is 37.2 Å². The van der Waals surface area contributed by atoms with Crippen LogP contribution in [0.3, 0.4) is 0 Å². The summed E-state index contributed by atoms with van der Waals surface area (Å²) in [6.45, 7) is 3.65. The second-order valence-electron chi connectivity index (χ2n) is 9.37. The number of sulfonamides is 1. The van der Waals surface area contributed by atoms with Crippen LogP contribution in [0, 0.1) is 11.3 Å². The number of rotatable bonds is 8. The largest absolute Gasteiger partial charge is 0.339 e. The van der Waals surface area contributed by atoms with Crippen molar-refractivity contribution in [3.8, 4) is 17.3 Å². The minimum atomic E-state index is -3.32. The van der Waals surface area contributed by atoms with E-state index in [-0.39, 0.29) is 31.2 Å². The SMILES string of the molecule is CCS(=O)(=O)N1CC(CC#N)(n2cc(-c3ccnc(Nc4ccc(C(=O)N5CCCC5)cc4)n3)cn2)C1. The molecule has 5 rings (SSSR count). The third kappa shape index (κ3) is 4.92. The van der Waals surface area contributed by atoms with Gasteiger partial charge in [0.2, 0.25) is 16.0 Å². The van der Waals surface area contributed by atoms with Crippen LogP contribution in [0.2, 0.25) is 0 Å². The normalized spacial score (nSPS) is 17.2. The van der Waals surface area contributed by atoms with Crippen molar-refractivity contribution in [2.45, 2.75) is 31.7 Å². The molecule has 0 bridgehead atoms. The minimum absolute atomic E-state index is 0.0220. The zero-order chi connectivity index (χ0) is 26.0. The summed E-state index contributed by atoms with van der Waals surface area (Å²) >= 11 is 0. The van der Waals surface area contributed by atoms with E-state index in [0.29, 0.717) is 17.2 Å². The monoisotopic (exact) mass is 520 g/mol. The molecule has 192 valence electrons. The van der Waals surface area contributed by atoms with Gasteiger partial charge in [-0.2, -0.15) is 14.7 Å². The van der Waals surface area contributed by atoms with E-state index in [1.54, 1.807) is 48.4 Å². The molecule has 2 aliphatic rings. The highest BCUT2D eigenvalue weighted by atomic mass is 32.2. The van der Waals surface area contributed by atoms with Gasteiger partial charge in [0.25, 0.3) is 5.91 Å². The van der Waals surface area contributed by atoms with Crippen molar-refractivity contribution >= 4 is 27.6 Å². The zero-order valence-electron chi connectivity index (χ0n) is 20.5. The summed E-state index contributed by atoms with van der Waals surface area (Å²) in [6, 6.07) is 11.2.